The molecule has 0 atom stereocenters. The normalized spacial score (nSPS) is 11.2. The van der Waals surface area contributed by atoms with Gasteiger partial charge >= 0.3 is 5.97 Å². The Balaban J connectivity index is 1.73. The van der Waals surface area contributed by atoms with E-state index in [0.29, 0.717) is 11.1 Å². The second-order valence-corrected chi connectivity index (χ2v) is 5.94. The Hall–Kier alpha value is -3.01. The molecule has 132 valence electrons. The van der Waals surface area contributed by atoms with Crippen LogP contribution >= 0.6 is 0 Å². The van der Waals surface area contributed by atoms with Gasteiger partial charge in [-0.1, -0.05) is 36.4 Å². The first-order chi connectivity index (χ1) is 12.6. The van der Waals surface area contributed by atoms with Crippen LogP contribution in [-0.2, 0) is 6.42 Å². The number of aryl methyl sites for hydroxylation is 1. The Bertz CT molecular complexity index is 960. The summed E-state index contributed by atoms with van der Waals surface area (Å²) in [6.45, 7) is 1.99. The van der Waals surface area contributed by atoms with Gasteiger partial charge in [0.15, 0.2) is 11.6 Å². The maximum absolute atomic E-state index is 13.7. The second-order valence-electron chi connectivity index (χ2n) is 5.94. The monoisotopic (exact) mass is 352 g/mol. The minimum atomic E-state index is -0.920. The van der Waals surface area contributed by atoms with Crippen LogP contribution in [0.25, 0.3) is 10.8 Å². The lowest BCUT2D eigenvalue weighted by Gasteiger charge is -2.07. The number of hydrogen-bond acceptors (Lipinski definition) is 2. The molecule has 26 heavy (non-hydrogen) atoms. The van der Waals surface area contributed by atoms with Gasteiger partial charge in [-0.2, -0.15) is 0 Å². The molecule has 0 aliphatic rings. The fourth-order valence-corrected chi connectivity index (χ4v) is 2.70. The molecule has 3 aromatic carbocycles. The minimum Gasteiger partial charge on any atom is -0.423 e. The molecular formula is C22H18F2O2. The van der Waals surface area contributed by atoms with E-state index in [1.807, 2.05) is 25.1 Å². The van der Waals surface area contributed by atoms with E-state index in [2.05, 4.69) is 6.08 Å². The van der Waals surface area contributed by atoms with Gasteiger partial charge in [0.2, 0.25) is 0 Å². The number of allylic oxidation sites excluding steroid dienone is 2. The van der Waals surface area contributed by atoms with Gasteiger partial charge in [-0.3, -0.25) is 0 Å². The highest BCUT2D eigenvalue weighted by Gasteiger charge is 2.12. The van der Waals surface area contributed by atoms with Crippen molar-refractivity contribution in [3.63, 3.8) is 0 Å². The van der Waals surface area contributed by atoms with Crippen LogP contribution in [0.15, 0.2) is 66.7 Å². The van der Waals surface area contributed by atoms with Crippen LogP contribution in [-0.4, -0.2) is 5.97 Å². The SMILES string of the molecule is C/C=C/CCc1ccc(OC(=O)c2ccc3c(F)c(F)ccc3c2)cc1. The van der Waals surface area contributed by atoms with Crippen LogP contribution in [0.3, 0.4) is 0 Å². The Labute approximate surface area is 150 Å². The summed E-state index contributed by atoms with van der Waals surface area (Å²) in [5.74, 6) is -1.94. The maximum Gasteiger partial charge on any atom is 0.343 e. The molecule has 0 amide bonds. The number of rotatable bonds is 5. The predicted octanol–water partition coefficient (Wildman–Crippen LogP) is 5.85. The first-order valence-electron chi connectivity index (χ1n) is 8.38. The molecule has 0 heterocycles. The first kappa shape index (κ1) is 17.8. The summed E-state index contributed by atoms with van der Waals surface area (Å²) in [7, 11) is 0. The average molecular weight is 352 g/mol. The van der Waals surface area contributed by atoms with E-state index in [1.54, 1.807) is 12.1 Å². The zero-order valence-electron chi connectivity index (χ0n) is 14.3. The quantitative estimate of drug-likeness (QED) is 0.327. The predicted molar refractivity (Wildman–Crippen MR) is 98.4 cm³/mol. The van der Waals surface area contributed by atoms with E-state index in [9.17, 15) is 13.6 Å². The fourth-order valence-electron chi connectivity index (χ4n) is 2.70. The van der Waals surface area contributed by atoms with Crippen LogP contribution < -0.4 is 4.74 Å². The molecule has 0 N–H and O–H groups in total. The molecule has 0 aromatic heterocycles. The van der Waals surface area contributed by atoms with Gasteiger partial charge in [0.25, 0.3) is 0 Å². The third-order valence-corrected chi connectivity index (χ3v) is 4.11. The molecule has 3 rings (SSSR count). The third kappa shape index (κ3) is 3.97. The molecule has 4 heteroatoms. The van der Waals surface area contributed by atoms with Crippen LogP contribution in [0.1, 0.15) is 29.3 Å². The molecule has 0 unspecified atom stereocenters. The van der Waals surface area contributed by atoms with Crippen LogP contribution in [0.5, 0.6) is 5.75 Å². The molecule has 0 radical (unpaired) electrons. The van der Waals surface area contributed by atoms with Crippen molar-refractivity contribution in [3.8, 4) is 5.75 Å². The summed E-state index contributed by atoms with van der Waals surface area (Å²) in [5.41, 5.74) is 1.44. The Morgan fingerprint density at radius 2 is 1.81 bits per heavy atom. The van der Waals surface area contributed by atoms with Gasteiger partial charge in [0.05, 0.1) is 5.56 Å². The molecule has 0 saturated carbocycles. The number of benzene rings is 3. The smallest absolute Gasteiger partial charge is 0.343 e. The van der Waals surface area contributed by atoms with Crippen molar-refractivity contribution in [1.29, 1.82) is 0 Å². The van der Waals surface area contributed by atoms with E-state index in [-0.39, 0.29) is 10.9 Å². The summed E-state index contributed by atoms with van der Waals surface area (Å²) < 4.78 is 32.4. The summed E-state index contributed by atoms with van der Waals surface area (Å²) in [5, 5.41) is 0.574. The lowest BCUT2D eigenvalue weighted by Crippen LogP contribution is -2.08. The molecule has 0 fully saturated rings. The standard InChI is InChI=1S/C22H18F2O2/c1-2-3-4-5-15-6-10-18(11-7-15)26-22(25)17-8-12-19-16(14-17)9-13-20(23)21(19)24/h2-3,6-14H,4-5H2,1H3/b3-2+. The zero-order valence-corrected chi connectivity index (χ0v) is 14.3. The van der Waals surface area contributed by atoms with Crippen molar-refractivity contribution < 1.29 is 18.3 Å². The van der Waals surface area contributed by atoms with E-state index in [4.69, 9.17) is 4.74 Å². The number of carbonyl (C=O) groups is 1. The highest BCUT2D eigenvalue weighted by atomic mass is 19.2. The highest BCUT2D eigenvalue weighted by molar-refractivity contribution is 5.96. The number of halogens is 2. The summed E-state index contributed by atoms with van der Waals surface area (Å²) in [6, 6.07) is 14.1. The number of fused-ring (bicyclic) bond motifs is 1. The molecule has 0 aliphatic heterocycles. The fraction of sp³-hybridized carbons (Fsp3) is 0.136. The number of ether oxygens (including phenoxy) is 1. The summed E-state index contributed by atoms with van der Waals surface area (Å²) >= 11 is 0. The van der Waals surface area contributed by atoms with E-state index < -0.39 is 17.6 Å². The van der Waals surface area contributed by atoms with Gasteiger partial charge in [0.1, 0.15) is 5.75 Å². The summed E-state index contributed by atoms with van der Waals surface area (Å²) in [4.78, 5) is 12.3. The van der Waals surface area contributed by atoms with Crippen molar-refractivity contribution in [2.24, 2.45) is 0 Å². The minimum absolute atomic E-state index is 0.132. The van der Waals surface area contributed by atoms with Gasteiger partial charge in [0, 0.05) is 5.39 Å². The molecule has 0 spiro atoms. The van der Waals surface area contributed by atoms with Crippen molar-refractivity contribution >= 4 is 16.7 Å². The average Bonchev–Trinajstić information content (AvgIpc) is 2.66. The number of carbonyl (C=O) groups excluding carboxylic acids is 1. The summed E-state index contributed by atoms with van der Waals surface area (Å²) in [6.07, 6.45) is 6.00. The van der Waals surface area contributed by atoms with Crippen molar-refractivity contribution in [1.82, 2.24) is 0 Å². The molecule has 0 bridgehead atoms. The van der Waals surface area contributed by atoms with Crippen molar-refractivity contribution in [2.45, 2.75) is 19.8 Å². The van der Waals surface area contributed by atoms with Gasteiger partial charge < -0.3 is 4.74 Å². The van der Waals surface area contributed by atoms with Gasteiger partial charge in [-0.15, -0.1) is 0 Å². The molecule has 0 saturated heterocycles. The lowest BCUT2D eigenvalue weighted by atomic mass is 10.1. The molecule has 3 aromatic rings. The van der Waals surface area contributed by atoms with Crippen molar-refractivity contribution in [3.05, 3.63) is 89.5 Å². The van der Waals surface area contributed by atoms with Crippen LogP contribution in [0.4, 0.5) is 8.78 Å². The maximum atomic E-state index is 13.7. The number of esters is 1. The van der Waals surface area contributed by atoms with Crippen molar-refractivity contribution in [2.75, 3.05) is 0 Å². The Morgan fingerprint density at radius 3 is 2.54 bits per heavy atom. The van der Waals surface area contributed by atoms with E-state index in [1.165, 1.54) is 24.3 Å². The highest BCUT2D eigenvalue weighted by Crippen LogP contribution is 2.23. The molecule has 0 aliphatic carbocycles. The number of hydrogen-bond donors (Lipinski definition) is 0. The topological polar surface area (TPSA) is 26.3 Å². The van der Waals surface area contributed by atoms with E-state index in [0.717, 1.165) is 24.5 Å². The van der Waals surface area contributed by atoms with Gasteiger partial charge in [-0.05, 0) is 61.0 Å². The van der Waals surface area contributed by atoms with E-state index >= 15 is 0 Å². The Kier molecular flexibility index (Phi) is 5.42. The second kappa shape index (κ2) is 7.91. The van der Waals surface area contributed by atoms with Gasteiger partial charge in [-0.25, -0.2) is 13.6 Å². The molecular weight excluding hydrogens is 334 g/mol. The lowest BCUT2D eigenvalue weighted by molar-refractivity contribution is 0.0735. The zero-order chi connectivity index (χ0) is 18.5. The molecule has 2 nitrogen and oxygen atoms in total. The largest absolute Gasteiger partial charge is 0.423 e. The third-order valence-electron chi connectivity index (χ3n) is 4.11. The van der Waals surface area contributed by atoms with Crippen LogP contribution in [0.2, 0.25) is 0 Å². The first-order valence-corrected chi connectivity index (χ1v) is 8.38. The van der Waals surface area contributed by atoms with Crippen LogP contribution in [0, 0.1) is 11.6 Å². The Morgan fingerprint density at radius 1 is 1.04 bits per heavy atom.